The molecule has 0 spiro atoms. The molecule has 0 N–H and O–H groups in total. The second-order valence-electron chi connectivity index (χ2n) is 16.0. The molecule has 13 rings (SSSR count). The number of para-hydroxylation sites is 3. The van der Waals surface area contributed by atoms with Gasteiger partial charge in [0.25, 0.3) is 0 Å². The van der Waals surface area contributed by atoms with Crippen molar-refractivity contribution in [1.82, 2.24) is 4.57 Å². The summed E-state index contributed by atoms with van der Waals surface area (Å²) in [7, 11) is 0. The SMILES string of the molecule is c1ccc(N(c2ccc3c4ccccc4c4ccccc4c3c2)c2ccc3c4c(-c5ccc6c(c5)oc5ccccc56)cc5ccccc5c4n(-c4ccccc4)c3c2)cc1. The molecular weight excluding hydrogens is 741 g/mol. The Morgan fingerprint density at radius 3 is 1.62 bits per heavy atom. The number of hydrogen-bond donors (Lipinski definition) is 0. The third-order valence-electron chi connectivity index (χ3n) is 12.7. The maximum absolute atomic E-state index is 6.46. The number of rotatable bonds is 5. The van der Waals surface area contributed by atoms with Gasteiger partial charge in [-0.3, -0.25) is 0 Å². The summed E-state index contributed by atoms with van der Waals surface area (Å²) in [6.07, 6.45) is 0. The third-order valence-corrected chi connectivity index (χ3v) is 12.7. The molecule has 0 aliphatic carbocycles. The van der Waals surface area contributed by atoms with Crippen molar-refractivity contribution in [2.75, 3.05) is 4.90 Å². The normalized spacial score (nSPS) is 11.9. The van der Waals surface area contributed by atoms with Crippen molar-refractivity contribution in [3.05, 3.63) is 218 Å². The summed E-state index contributed by atoms with van der Waals surface area (Å²) in [6, 6.07) is 79.4. The first-order chi connectivity index (χ1) is 30.3. The second kappa shape index (κ2) is 13.2. The summed E-state index contributed by atoms with van der Waals surface area (Å²) < 4.78 is 8.94. The van der Waals surface area contributed by atoms with E-state index < -0.39 is 0 Å². The minimum absolute atomic E-state index is 0.892. The first kappa shape index (κ1) is 33.8. The van der Waals surface area contributed by atoms with Crippen LogP contribution < -0.4 is 4.90 Å². The van der Waals surface area contributed by atoms with Crippen LogP contribution in [0.5, 0.6) is 0 Å². The monoisotopic (exact) mass is 776 g/mol. The standard InChI is InChI=1S/C58H36N2O/c1-3-16-39(17-4-1)59(41-28-31-48-46-23-10-9-21-44(46)45-22-11-12-24-47(45)53(48)35-41)42-29-32-51-54(36-42)60(40-18-5-2-6-19-40)58-43-20-8-7-15-37(43)33-52(57(51)58)38-27-30-50-49-25-13-14-26-55(49)61-56(50)34-38/h1-36H. The molecule has 2 aromatic heterocycles. The van der Waals surface area contributed by atoms with Gasteiger partial charge in [0.1, 0.15) is 11.2 Å². The number of anilines is 3. The summed E-state index contributed by atoms with van der Waals surface area (Å²) in [5, 5.41) is 14.6. The first-order valence-electron chi connectivity index (χ1n) is 20.9. The highest BCUT2D eigenvalue weighted by molar-refractivity contribution is 6.27. The number of nitrogens with zero attached hydrogens (tertiary/aromatic N) is 2. The van der Waals surface area contributed by atoms with E-state index in [1.807, 2.05) is 6.07 Å². The lowest BCUT2D eigenvalue weighted by atomic mass is 9.94. The van der Waals surface area contributed by atoms with Crippen molar-refractivity contribution in [1.29, 1.82) is 0 Å². The maximum Gasteiger partial charge on any atom is 0.136 e. The van der Waals surface area contributed by atoms with Crippen molar-refractivity contribution < 1.29 is 4.42 Å². The van der Waals surface area contributed by atoms with Gasteiger partial charge in [0, 0.05) is 49.7 Å². The Labute approximate surface area is 351 Å². The fourth-order valence-electron chi connectivity index (χ4n) is 10.0. The highest BCUT2D eigenvalue weighted by atomic mass is 16.3. The van der Waals surface area contributed by atoms with Gasteiger partial charge in [0.2, 0.25) is 0 Å². The quantitative estimate of drug-likeness (QED) is 0.162. The highest BCUT2D eigenvalue weighted by Gasteiger charge is 2.23. The van der Waals surface area contributed by atoms with Gasteiger partial charge in [-0.1, -0.05) is 146 Å². The molecule has 11 aromatic carbocycles. The molecule has 0 aliphatic rings. The van der Waals surface area contributed by atoms with Crippen LogP contribution >= 0.6 is 0 Å². The second-order valence-corrected chi connectivity index (χ2v) is 16.0. The zero-order valence-corrected chi connectivity index (χ0v) is 33.1. The first-order valence-corrected chi connectivity index (χ1v) is 20.9. The van der Waals surface area contributed by atoms with Gasteiger partial charge < -0.3 is 13.9 Å². The number of aromatic nitrogens is 1. The van der Waals surface area contributed by atoms with Crippen molar-refractivity contribution in [2.24, 2.45) is 0 Å². The molecule has 0 fully saturated rings. The van der Waals surface area contributed by atoms with Crippen molar-refractivity contribution in [3.63, 3.8) is 0 Å². The van der Waals surface area contributed by atoms with Gasteiger partial charge >= 0.3 is 0 Å². The average Bonchev–Trinajstić information content (AvgIpc) is 3.88. The van der Waals surface area contributed by atoms with Crippen LogP contribution in [-0.2, 0) is 0 Å². The van der Waals surface area contributed by atoms with E-state index in [2.05, 4.69) is 222 Å². The minimum Gasteiger partial charge on any atom is -0.456 e. The Bertz CT molecular complexity index is 3840. The smallest absolute Gasteiger partial charge is 0.136 e. The Hall–Kier alpha value is -8.14. The topological polar surface area (TPSA) is 21.3 Å². The van der Waals surface area contributed by atoms with E-state index in [0.717, 1.165) is 55.8 Å². The fourth-order valence-corrected chi connectivity index (χ4v) is 10.0. The molecule has 0 saturated heterocycles. The Balaban J connectivity index is 1.11. The zero-order chi connectivity index (χ0) is 40.0. The van der Waals surface area contributed by atoms with Crippen LogP contribution in [0.4, 0.5) is 17.1 Å². The summed E-state index contributed by atoms with van der Waals surface area (Å²) in [5.74, 6) is 0. The van der Waals surface area contributed by atoms with Crippen molar-refractivity contribution in [3.8, 4) is 16.8 Å². The van der Waals surface area contributed by atoms with E-state index in [1.54, 1.807) is 0 Å². The number of fused-ring (bicyclic) bond motifs is 14. The number of hydrogen-bond acceptors (Lipinski definition) is 2. The third kappa shape index (κ3) is 5.11. The van der Waals surface area contributed by atoms with Crippen LogP contribution in [0.1, 0.15) is 0 Å². The Kier molecular flexibility index (Phi) is 7.31. The van der Waals surface area contributed by atoms with Gasteiger partial charge in [-0.2, -0.15) is 0 Å². The van der Waals surface area contributed by atoms with Crippen LogP contribution in [0.3, 0.4) is 0 Å². The lowest BCUT2D eigenvalue weighted by molar-refractivity contribution is 0.669. The molecular formula is C58H36N2O. The summed E-state index contributed by atoms with van der Waals surface area (Å²) >= 11 is 0. The minimum atomic E-state index is 0.892. The lowest BCUT2D eigenvalue weighted by Gasteiger charge is -2.26. The summed E-state index contributed by atoms with van der Waals surface area (Å²) in [5.41, 5.74) is 10.8. The number of benzene rings is 11. The van der Waals surface area contributed by atoms with Crippen LogP contribution in [0.25, 0.3) is 104 Å². The van der Waals surface area contributed by atoms with Crippen molar-refractivity contribution >= 4 is 104 Å². The maximum atomic E-state index is 6.46. The van der Waals surface area contributed by atoms with E-state index >= 15 is 0 Å². The lowest BCUT2D eigenvalue weighted by Crippen LogP contribution is -2.10. The largest absolute Gasteiger partial charge is 0.456 e. The molecule has 61 heavy (non-hydrogen) atoms. The molecule has 0 atom stereocenters. The molecule has 3 nitrogen and oxygen atoms in total. The van der Waals surface area contributed by atoms with E-state index in [9.17, 15) is 0 Å². The molecule has 0 aliphatic heterocycles. The molecule has 0 bridgehead atoms. The summed E-state index contributed by atoms with van der Waals surface area (Å²) in [4.78, 5) is 2.41. The van der Waals surface area contributed by atoms with Gasteiger partial charge in [0.05, 0.1) is 11.0 Å². The zero-order valence-electron chi connectivity index (χ0n) is 33.1. The van der Waals surface area contributed by atoms with Crippen LogP contribution in [-0.4, -0.2) is 4.57 Å². The molecule has 0 saturated carbocycles. The molecule has 0 amide bonds. The van der Waals surface area contributed by atoms with Gasteiger partial charge in [-0.05, 0) is 122 Å². The molecule has 13 aromatic rings. The molecule has 3 heteroatoms. The molecule has 0 radical (unpaired) electrons. The predicted octanol–water partition coefficient (Wildman–Crippen LogP) is 16.4. The van der Waals surface area contributed by atoms with Gasteiger partial charge in [-0.15, -0.1) is 0 Å². The predicted molar refractivity (Wildman–Crippen MR) is 258 cm³/mol. The molecule has 2 heterocycles. The average molecular weight is 777 g/mol. The van der Waals surface area contributed by atoms with Crippen LogP contribution in [0.15, 0.2) is 223 Å². The summed E-state index contributed by atoms with van der Waals surface area (Å²) in [6.45, 7) is 0. The Morgan fingerprint density at radius 1 is 0.344 bits per heavy atom. The van der Waals surface area contributed by atoms with E-state index in [1.165, 1.54) is 64.9 Å². The van der Waals surface area contributed by atoms with E-state index in [-0.39, 0.29) is 0 Å². The highest BCUT2D eigenvalue weighted by Crippen LogP contribution is 2.47. The van der Waals surface area contributed by atoms with Gasteiger partial charge in [-0.25, -0.2) is 0 Å². The molecule has 0 unspecified atom stereocenters. The van der Waals surface area contributed by atoms with E-state index in [4.69, 9.17) is 4.42 Å². The molecule has 284 valence electrons. The Morgan fingerprint density at radius 2 is 0.885 bits per heavy atom. The van der Waals surface area contributed by atoms with Crippen LogP contribution in [0.2, 0.25) is 0 Å². The van der Waals surface area contributed by atoms with Crippen molar-refractivity contribution in [2.45, 2.75) is 0 Å². The van der Waals surface area contributed by atoms with Crippen LogP contribution in [0, 0.1) is 0 Å². The van der Waals surface area contributed by atoms with E-state index in [0.29, 0.717) is 0 Å². The number of furan rings is 1. The van der Waals surface area contributed by atoms with Gasteiger partial charge in [0.15, 0.2) is 0 Å². The fraction of sp³-hybridized carbons (Fsp3) is 0.